The second kappa shape index (κ2) is 8.84. The van der Waals surface area contributed by atoms with Crippen LogP contribution in [-0.2, 0) is 15.1 Å². The van der Waals surface area contributed by atoms with Crippen LogP contribution in [0.5, 0.6) is 5.75 Å². The summed E-state index contributed by atoms with van der Waals surface area (Å²) in [4.78, 5) is 27.2. The average molecular weight is 420 g/mol. The van der Waals surface area contributed by atoms with Crippen molar-refractivity contribution in [2.45, 2.75) is 31.2 Å². The number of nitrogens with zero attached hydrogens (tertiary/aromatic N) is 3. The number of amides is 2. The molecule has 0 atom stereocenters. The number of nitrogens with one attached hydrogen (secondary N) is 2. The zero-order valence-electron chi connectivity index (χ0n) is 16.4. The Labute approximate surface area is 176 Å². The second-order valence-electron chi connectivity index (χ2n) is 7.22. The molecule has 1 aromatic heterocycles. The van der Waals surface area contributed by atoms with Gasteiger partial charge in [-0.3, -0.25) is 14.3 Å². The van der Waals surface area contributed by atoms with Crippen LogP contribution in [0.15, 0.2) is 36.7 Å². The zero-order valence-corrected chi connectivity index (χ0v) is 17.2. The Morgan fingerprint density at radius 2 is 2.10 bits per heavy atom. The molecule has 4 rings (SSSR count). The van der Waals surface area contributed by atoms with Crippen molar-refractivity contribution in [3.05, 3.63) is 36.7 Å². The highest BCUT2D eigenvalue weighted by atomic mass is 35.5. The number of anilines is 2. The molecule has 2 aromatic rings. The van der Waals surface area contributed by atoms with Gasteiger partial charge in [0.25, 0.3) is 5.91 Å². The van der Waals surface area contributed by atoms with Gasteiger partial charge in [-0.25, -0.2) is 0 Å². The van der Waals surface area contributed by atoms with E-state index in [0.29, 0.717) is 42.9 Å². The Kier molecular flexibility index (Phi) is 6.44. The number of rotatable bonds is 5. The van der Waals surface area contributed by atoms with Crippen LogP contribution in [0.4, 0.5) is 11.4 Å². The fourth-order valence-corrected chi connectivity index (χ4v) is 4.05. The van der Waals surface area contributed by atoms with Gasteiger partial charge in [-0.1, -0.05) is 0 Å². The van der Waals surface area contributed by atoms with Crippen molar-refractivity contribution in [2.75, 3.05) is 37.0 Å². The lowest BCUT2D eigenvalue weighted by Crippen LogP contribution is -2.52. The molecule has 0 saturated carbocycles. The van der Waals surface area contributed by atoms with Crippen LogP contribution < -0.4 is 20.3 Å². The maximum absolute atomic E-state index is 13.3. The molecule has 0 radical (unpaired) electrons. The van der Waals surface area contributed by atoms with Crippen molar-refractivity contribution in [3.8, 4) is 5.75 Å². The summed E-state index contributed by atoms with van der Waals surface area (Å²) in [6.45, 7) is 2.17. The summed E-state index contributed by atoms with van der Waals surface area (Å²) in [6.07, 6.45) is 6.22. The molecule has 3 heterocycles. The minimum absolute atomic E-state index is 0. The highest BCUT2D eigenvalue weighted by Gasteiger charge is 2.42. The molecule has 2 saturated heterocycles. The van der Waals surface area contributed by atoms with E-state index in [1.165, 1.54) is 0 Å². The summed E-state index contributed by atoms with van der Waals surface area (Å²) in [5, 5.41) is 10.7. The first-order valence-corrected chi connectivity index (χ1v) is 9.65. The number of hydrogen-bond donors (Lipinski definition) is 2. The first-order chi connectivity index (χ1) is 13.6. The van der Waals surface area contributed by atoms with Crippen LogP contribution in [-0.4, -0.2) is 48.3 Å². The fraction of sp³-hybridized carbons (Fsp3) is 0.450. The van der Waals surface area contributed by atoms with Gasteiger partial charge in [0, 0.05) is 31.0 Å². The number of piperidine rings is 1. The van der Waals surface area contributed by atoms with E-state index >= 15 is 0 Å². The van der Waals surface area contributed by atoms with Crippen molar-refractivity contribution in [1.82, 2.24) is 15.1 Å². The number of carbonyl (C=O) groups excluding carboxylic acids is 2. The topological polar surface area (TPSA) is 88.5 Å². The van der Waals surface area contributed by atoms with Crippen LogP contribution in [0.3, 0.4) is 0 Å². The van der Waals surface area contributed by atoms with E-state index in [9.17, 15) is 9.59 Å². The first-order valence-electron chi connectivity index (χ1n) is 9.65. The van der Waals surface area contributed by atoms with Crippen molar-refractivity contribution in [3.63, 3.8) is 0 Å². The Morgan fingerprint density at radius 1 is 1.31 bits per heavy atom. The number of methoxy groups -OCH3 is 1. The van der Waals surface area contributed by atoms with Crippen LogP contribution in [0, 0.1) is 0 Å². The number of hydrogen-bond acceptors (Lipinski definition) is 5. The number of aromatic nitrogens is 2. The van der Waals surface area contributed by atoms with Gasteiger partial charge in [0.15, 0.2) is 0 Å². The van der Waals surface area contributed by atoms with E-state index in [-0.39, 0.29) is 24.2 Å². The molecule has 29 heavy (non-hydrogen) atoms. The lowest BCUT2D eigenvalue weighted by molar-refractivity contribution is -0.126. The standard InChI is InChI=1S/C20H25N5O3.ClH/c1-28-17-6-5-15(14-16(17)24-12-2-4-18(24)26)23-19(27)20(7-10-21-11-8-20)25-13-3-9-22-25;/h3,5-6,9,13-14,21H,2,4,7-8,10-12H2,1H3,(H,23,27);1H. The molecular weight excluding hydrogens is 394 g/mol. The smallest absolute Gasteiger partial charge is 0.252 e. The highest BCUT2D eigenvalue weighted by molar-refractivity contribution is 6.00. The van der Waals surface area contributed by atoms with E-state index in [0.717, 1.165) is 19.5 Å². The first kappa shape index (κ1) is 21.1. The van der Waals surface area contributed by atoms with Gasteiger partial charge < -0.3 is 20.3 Å². The van der Waals surface area contributed by atoms with Crippen molar-refractivity contribution in [1.29, 1.82) is 0 Å². The van der Waals surface area contributed by atoms with E-state index < -0.39 is 5.54 Å². The average Bonchev–Trinajstić information content (AvgIpc) is 3.40. The molecule has 0 aliphatic carbocycles. The monoisotopic (exact) mass is 419 g/mol. The van der Waals surface area contributed by atoms with Crippen LogP contribution in [0.25, 0.3) is 0 Å². The summed E-state index contributed by atoms with van der Waals surface area (Å²) >= 11 is 0. The Balaban J connectivity index is 0.00000240. The maximum Gasteiger partial charge on any atom is 0.252 e. The van der Waals surface area contributed by atoms with Gasteiger partial charge >= 0.3 is 0 Å². The van der Waals surface area contributed by atoms with Gasteiger partial charge in [-0.15, -0.1) is 12.4 Å². The van der Waals surface area contributed by atoms with Gasteiger partial charge in [0.2, 0.25) is 5.91 Å². The number of ether oxygens (including phenoxy) is 1. The Hall–Kier alpha value is -2.58. The van der Waals surface area contributed by atoms with E-state index in [4.69, 9.17) is 4.74 Å². The fourth-order valence-electron chi connectivity index (χ4n) is 4.05. The quantitative estimate of drug-likeness (QED) is 0.775. The van der Waals surface area contributed by atoms with Crippen LogP contribution >= 0.6 is 12.4 Å². The van der Waals surface area contributed by atoms with Gasteiger partial charge in [-0.2, -0.15) is 5.10 Å². The summed E-state index contributed by atoms with van der Waals surface area (Å²) in [5.41, 5.74) is 0.616. The molecule has 2 aliphatic heterocycles. The van der Waals surface area contributed by atoms with Gasteiger partial charge in [0.05, 0.1) is 12.8 Å². The SMILES string of the molecule is COc1ccc(NC(=O)C2(n3cccn3)CCNCC2)cc1N1CCCC1=O.Cl. The summed E-state index contributed by atoms with van der Waals surface area (Å²) in [7, 11) is 1.58. The number of carbonyl (C=O) groups is 2. The molecule has 2 amide bonds. The molecule has 156 valence electrons. The molecular formula is C20H26ClN5O3. The third kappa shape index (κ3) is 3.95. The predicted molar refractivity (Wildman–Crippen MR) is 113 cm³/mol. The number of benzene rings is 1. The van der Waals surface area contributed by atoms with Crippen molar-refractivity contribution < 1.29 is 14.3 Å². The van der Waals surface area contributed by atoms with E-state index in [2.05, 4.69) is 15.7 Å². The normalized spacial score (nSPS) is 18.2. The maximum atomic E-state index is 13.3. The summed E-state index contributed by atoms with van der Waals surface area (Å²) in [5.74, 6) is 0.603. The third-order valence-corrected chi connectivity index (χ3v) is 5.60. The van der Waals surface area contributed by atoms with Gasteiger partial charge in [0.1, 0.15) is 11.3 Å². The van der Waals surface area contributed by atoms with Crippen molar-refractivity contribution >= 4 is 35.6 Å². The molecule has 1 aromatic carbocycles. The third-order valence-electron chi connectivity index (χ3n) is 5.60. The lowest BCUT2D eigenvalue weighted by atomic mass is 9.87. The summed E-state index contributed by atoms with van der Waals surface area (Å²) in [6, 6.07) is 7.25. The zero-order chi connectivity index (χ0) is 19.6. The minimum atomic E-state index is -0.724. The van der Waals surface area contributed by atoms with Gasteiger partial charge in [-0.05, 0) is 56.6 Å². The molecule has 0 bridgehead atoms. The van der Waals surface area contributed by atoms with Crippen LogP contribution in [0.1, 0.15) is 25.7 Å². The Morgan fingerprint density at radius 3 is 2.72 bits per heavy atom. The van der Waals surface area contributed by atoms with Crippen molar-refractivity contribution in [2.24, 2.45) is 0 Å². The molecule has 2 aliphatic rings. The van der Waals surface area contributed by atoms with Crippen LogP contribution in [0.2, 0.25) is 0 Å². The minimum Gasteiger partial charge on any atom is -0.495 e. The predicted octanol–water partition coefficient (Wildman–Crippen LogP) is 2.16. The molecule has 2 fully saturated rings. The molecule has 2 N–H and O–H groups in total. The van der Waals surface area contributed by atoms with E-state index in [1.54, 1.807) is 35.0 Å². The molecule has 0 spiro atoms. The highest BCUT2D eigenvalue weighted by Crippen LogP contribution is 2.35. The lowest BCUT2D eigenvalue weighted by Gasteiger charge is -2.36. The molecule has 8 nitrogen and oxygen atoms in total. The van der Waals surface area contributed by atoms with E-state index in [1.807, 2.05) is 18.3 Å². The second-order valence-corrected chi connectivity index (χ2v) is 7.22. The Bertz CT molecular complexity index is 865. The molecule has 9 heteroatoms. The molecule has 0 unspecified atom stereocenters. The largest absolute Gasteiger partial charge is 0.495 e. The number of halogens is 1. The summed E-state index contributed by atoms with van der Waals surface area (Å²) < 4.78 is 7.19.